The summed E-state index contributed by atoms with van der Waals surface area (Å²) in [7, 11) is 0. The zero-order valence-corrected chi connectivity index (χ0v) is 14.7. The van der Waals surface area contributed by atoms with E-state index >= 15 is 0 Å². The van der Waals surface area contributed by atoms with E-state index in [9.17, 15) is 9.59 Å². The van der Waals surface area contributed by atoms with Gasteiger partial charge in [0, 0.05) is 10.7 Å². The predicted molar refractivity (Wildman–Crippen MR) is 98.3 cm³/mol. The van der Waals surface area contributed by atoms with Gasteiger partial charge in [-0.2, -0.15) is 0 Å². The largest absolute Gasteiger partial charge is 0.478 e. The van der Waals surface area contributed by atoms with Crippen LogP contribution in [0.25, 0.3) is 0 Å². The maximum Gasteiger partial charge on any atom is 0.335 e. The Hall–Kier alpha value is -2.15. The second kappa shape index (κ2) is 7.61. The minimum Gasteiger partial charge on any atom is -0.478 e. The molecule has 1 amide bonds. The number of rotatable bonds is 3. The lowest BCUT2D eigenvalue weighted by Crippen LogP contribution is -2.34. The van der Waals surface area contributed by atoms with Crippen molar-refractivity contribution < 1.29 is 14.7 Å². The maximum atomic E-state index is 12.2. The van der Waals surface area contributed by atoms with Gasteiger partial charge in [0.2, 0.25) is 0 Å². The van der Waals surface area contributed by atoms with Gasteiger partial charge in [-0.1, -0.05) is 29.3 Å². The van der Waals surface area contributed by atoms with Crippen LogP contribution >= 0.6 is 35.4 Å². The first-order valence-corrected chi connectivity index (χ1v) is 7.85. The Balaban J connectivity index is 2.13. The lowest BCUT2D eigenvalue weighted by molar-refractivity contribution is 0.0696. The third kappa shape index (κ3) is 4.44. The molecule has 0 aromatic heterocycles. The third-order valence-electron chi connectivity index (χ3n) is 3.13. The number of carboxylic acid groups (broad SMARTS) is 1. The van der Waals surface area contributed by atoms with E-state index in [2.05, 4.69) is 10.6 Å². The molecule has 0 radical (unpaired) electrons. The van der Waals surface area contributed by atoms with Crippen molar-refractivity contribution in [2.24, 2.45) is 0 Å². The van der Waals surface area contributed by atoms with E-state index < -0.39 is 11.9 Å². The molecule has 24 heavy (non-hydrogen) atoms. The molecule has 5 nitrogen and oxygen atoms in total. The zero-order valence-electron chi connectivity index (χ0n) is 12.4. The lowest BCUT2D eigenvalue weighted by atomic mass is 10.1. The van der Waals surface area contributed by atoms with Gasteiger partial charge in [-0.3, -0.25) is 10.1 Å². The molecule has 0 spiro atoms. The number of carbonyl (C=O) groups excluding carboxylic acids is 1. The molecule has 0 saturated heterocycles. The van der Waals surface area contributed by atoms with Gasteiger partial charge in [0.25, 0.3) is 5.91 Å². The fourth-order valence-electron chi connectivity index (χ4n) is 1.89. The molecule has 124 valence electrons. The molecule has 2 rings (SSSR count). The molecule has 0 aliphatic carbocycles. The Bertz CT molecular complexity index is 840. The summed E-state index contributed by atoms with van der Waals surface area (Å²) in [5, 5.41) is 14.9. The van der Waals surface area contributed by atoms with Crippen LogP contribution in [0.4, 0.5) is 5.69 Å². The number of carboxylic acids is 1. The van der Waals surface area contributed by atoms with Gasteiger partial charge in [-0.25, -0.2) is 4.79 Å². The summed E-state index contributed by atoms with van der Waals surface area (Å²) < 4.78 is 0. The molecule has 0 atom stereocenters. The number of carbonyl (C=O) groups is 2. The molecule has 0 fully saturated rings. The van der Waals surface area contributed by atoms with Crippen LogP contribution in [-0.2, 0) is 0 Å². The van der Waals surface area contributed by atoms with E-state index in [0.29, 0.717) is 10.7 Å². The van der Waals surface area contributed by atoms with E-state index in [1.54, 1.807) is 19.1 Å². The van der Waals surface area contributed by atoms with Crippen LogP contribution in [0.1, 0.15) is 26.3 Å². The number of halogens is 2. The molecule has 2 aromatic rings. The molecule has 2 aromatic carbocycles. The smallest absolute Gasteiger partial charge is 0.335 e. The fourth-order valence-corrected chi connectivity index (χ4v) is 2.46. The molecular weight excluding hydrogens is 371 g/mol. The van der Waals surface area contributed by atoms with E-state index in [0.717, 1.165) is 5.56 Å². The number of aryl methyl sites for hydroxylation is 1. The van der Waals surface area contributed by atoms with Gasteiger partial charge in [0.05, 0.1) is 16.1 Å². The number of benzene rings is 2. The lowest BCUT2D eigenvalue weighted by Gasteiger charge is -2.13. The Labute approximate surface area is 153 Å². The SMILES string of the molecule is Cc1ccc(C(=O)O)cc1NC(=S)NC(=O)c1cc(Cl)ccc1Cl. The molecule has 8 heteroatoms. The number of nitrogens with one attached hydrogen (secondary N) is 2. The maximum absolute atomic E-state index is 12.2. The first-order valence-electron chi connectivity index (χ1n) is 6.69. The molecular formula is C16H12Cl2N2O3S. The van der Waals surface area contributed by atoms with Crippen LogP contribution in [0.5, 0.6) is 0 Å². The second-order valence-corrected chi connectivity index (χ2v) is 6.12. The van der Waals surface area contributed by atoms with Crippen molar-refractivity contribution in [1.29, 1.82) is 0 Å². The minimum absolute atomic E-state index is 0.0154. The van der Waals surface area contributed by atoms with Crippen LogP contribution in [0.2, 0.25) is 10.0 Å². The minimum atomic E-state index is -1.06. The van der Waals surface area contributed by atoms with E-state index in [1.807, 2.05) is 0 Å². The molecule has 3 N–H and O–H groups in total. The molecule has 0 aliphatic heterocycles. The van der Waals surface area contributed by atoms with E-state index in [4.69, 9.17) is 40.5 Å². The average molecular weight is 383 g/mol. The fraction of sp³-hybridized carbons (Fsp3) is 0.0625. The van der Waals surface area contributed by atoms with Crippen LogP contribution in [-0.4, -0.2) is 22.1 Å². The summed E-state index contributed by atoms with van der Waals surface area (Å²) in [5.41, 5.74) is 1.55. The topological polar surface area (TPSA) is 78.4 Å². The van der Waals surface area contributed by atoms with Gasteiger partial charge < -0.3 is 10.4 Å². The molecule has 0 saturated carbocycles. The van der Waals surface area contributed by atoms with Crippen molar-refractivity contribution in [2.75, 3.05) is 5.32 Å². The van der Waals surface area contributed by atoms with Gasteiger partial charge in [0.15, 0.2) is 5.11 Å². The van der Waals surface area contributed by atoms with Gasteiger partial charge in [0.1, 0.15) is 0 Å². The monoisotopic (exact) mass is 382 g/mol. The van der Waals surface area contributed by atoms with Crippen LogP contribution in [0, 0.1) is 6.92 Å². The summed E-state index contributed by atoms with van der Waals surface area (Å²) in [5.74, 6) is -1.58. The van der Waals surface area contributed by atoms with Crippen molar-refractivity contribution in [3.63, 3.8) is 0 Å². The standard InChI is InChI=1S/C16H12Cl2N2O3S/c1-8-2-3-9(15(22)23)6-13(8)19-16(24)20-14(21)11-7-10(17)4-5-12(11)18/h2-7H,1H3,(H,22,23)(H2,19,20,21,24). The van der Waals surface area contributed by atoms with Gasteiger partial charge >= 0.3 is 5.97 Å². The summed E-state index contributed by atoms with van der Waals surface area (Å²) >= 11 is 16.9. The van der Waals surface area contributed by atoms with Gasteiger partial charge in [-0.05, 0) is 55.0 Å². The normalized spacial score (nSPS) is 10.1. The quantitative estimate of drug-likeness (QED) is 0.695. The molecule has 0 heterocycles. The summed E-state index contributed by atoms with van der Waals surface area (Å²) in [4.78, 5) is 23.2. The van der Waals surface area contributed by atoms with Crippen molar-refractivity contribution >= 4 is 58.1 Å². The van der Waals surface area contributed by atoms with E-state index in [-0.39, 0.29) is 21.3 Å². The van der Waals surface area contributed by atoms with Crippen LogP contribution in [0.3, 0.4) is 0 Å². The summed E-state index contributed by atoms with van der Waals surface area (Å²) in [6, 6.07) is 9.06. The number of hydrogen-bond acceptors (Lipinski definition) is 3. The Kier molecular flexibility index (Phi) is 5.77. The highest BCUT2D eigenvalue weighted by Gasteiger charge is 2.14. The van der Waals surface area contributed by atoms with Crippen molar-refractivity contribution in [2.45, 2.75) is 6.92 Å². The number of aromatic carboxylic acids is 1. The highest BCUT2D eigenvalue weighted by atomic mass is 35.5. The first kappa shape index (κ1) is 18.2. The van der Waals surface area contributed by atoms with Crippen LogP contribution in [0.15, 0.2) is 36.4 Å². The zero-order chi connectivity index (χ0) is 17.9. The summed E-state index contributed by atoms with van der Waals surface area (Å²) in [6.07, 6.45) is 0. The van der Waals surface area contributed by atoms with E-state index in [1.165, 1.54) is 24.3 Å². The predicted octanol–water partition coefficient (Wildman–Crippen LogP) is 4.13. The number of anilines is 1. The first-order chi connectivity index (χ1) is 11.3. The second-order valence-electron chi connectivity index (χ2n) is 4.87. The number of amides is 1. The van der Waals surface area contributed by atoms with Crippen LogP contribution < -0.4 is 10.6 Å². The van der Waals surface area contributed by atoms with Gasteiger partial charge in [-0.15, -0.1) is 0 Å². The van der Waals surface area contributed by atoms with Crippen molar-refractivity contribution in [3.8, 4) is 0 Å². The number of hydrogen-bond donors (Lipinski definition) is 3. The molecule has 0 unspecified atom stereocenters. The average Bonchev–Trinajstić information content (AvgIpc) is 2.51. The Morgan fingerprint density at radius 1 is 1.12 bits per heavy atom. The molecule has 0 bridgehead atoms. The number of thiocarbonyl (C=S) groups is 1. The van der Waals surface area contributed by atoms with Crippen molar-refractivity contribution in [1.82, 2.24) is 5.32 Å². The summed E-state index contributed by atoms with van der Waals surface area (Å²) in [6.45, 7) is 1.78. The third-order valence-corrected chi connectivity index (χ3v) is 3.90. The highest BCUT2D eigenvalue weighted by Crippen LogP contribution is 2.21. The highest BCUT2D eigenvalue weighted by molar-refractivity contribution is 7.80. The Morgan fingerprint density at radius 3 is 2.50 bits per heavy atom. The molecule has 0 aliphatic rings. The Morgan fingerprint density at radius 2 is 1.83 bits per heavy atom. The van der Waals surface area contributed by atoms with Crippen molar-refractivity contribution in [3.05, 3.63) is 63.1 Å².